The van der Waals surface area contributed by atoms with E-state index in [1.54, 1.807) is 36.0 Å². The second kappa shape index (κ2) is 11.9. The molecular weight excluding hydrogens is 530 g/mol. The van der Waals surface area contributed by atoms with Crippen molar-refractivity contribution in [2.24, 2.45) is 0 Å². The van der Waals surface area contributed by atoms with Crippen molar-refractivity contribution >= 4 is 22.9 Å². The van der Waals surface area contributed by atoms with Gasteiger partial charge in [-0.25, -0.2) is 0 Å². The van der Waals surface area contributed by atoms with Crippen molar-refractivity contribution in [1.82, 2.24) is 4.90 Å². The molecule has 5 rings (SSSR count). The number of hydrogen-bond donors (Lipinski definition) is 1. The van der Waals surface area contributed by atoms with Crippen molar-refractivity contribution in [1.29, 1.82) is 0 Å². The van der Waals surface area contributed by atoms with E-state index in [1.165, 1.54) is 12.1 Å². The molecule has 206 valence electrons. The smallest absolute Gasteiger partial charge is 0.508 e. The predicted molar refractivity (Wildman–Crippen MR) is 145 cm³/mol. The molecular formula is C30H29F4NO3S. The van der Waals surface area contributed by atoms with Crippen LogP contribution in [-0.4, -0.2) is 54.5 Å². The lowest BCUT2D eigenvalue weighted by atomic mass is 9.88. The largest absolute Gasteiger partial charge is 0.573 e. The number of phenols is 1. The lowest BCUT2D eigenvalue weighted by Gasteiger charge is -2.18. The summed E-state index contributed by atoms with van der Waals surface area (Å²) in [5.74, 6) is 1.41. The lowest BCUT2D eigenvalue weighted by molar-refractivity contribution is -0.274. The average Bonchev–Trinajstić information content (AvgIpc) is 3.26. The first-order valence-electron chi connectivity index (χ1n) is 12.9. The van der Waals surface area contributed by atoms with Crippen molar-refractivity contribution in [3.05, 3.63) is 83.4 Å². The van der Waals surface area contributed by atoms with Gasteiger partial charge in [0.05, 0.1) is 6.67 Å². The first kappa shape index (κ1) is 27.4. The summed E-state index contributed by atoms with van der Waals surface area (Å²) in [6.07, 6.45) is -2.58. The summed E-state index contributed by atoms with van der Waals surface area (Å²) in [6.45, 7) is 2.10. The number of likely N-dealkylation sites (tertiary alicyclic amines) is 1. The summed E-state index contributed by atoms with van der Waals surface area (Å²) < 4.78 is 60.8. The van der Waals surface area contributed by atoms with Crippen molar-refractivity contribution in [3.8, 4) is 17.2 Å². The Morgan fingerprint density at radius 1 is 0.949 bits per heavy atom. The third kappa shape index (κ3) is 6.89. The number of alkyl halides is 4. The SMILES string of the molecule is Oc1ccc2c(c1)SCCC(c1ccc(OC(F)(F)F)cc1)=C2c1ccc(O[C@H]2CCN(CCCF)C2)cc1. The van der Waals surface area contributed by atoms with E-state index in [2.05, 4.69) is 9.64 Å². The summed E-state index contributed by atoms with van der Waals surface area (Å²) >= 11 is 1.63. The van der Waals surface area contributed by atoms with E-state index in [0.29, 0.717) is 12.8 Å². The van der Waals surface area contributed by atoms with E-state index in [9.17, 15) is 22.7 Å². The molecule has 0 spiro atoms. The molecule has 2 aliphatic rings. The van der Waals surface area contributed by atoms with Gasteiger partial charge in [-0.2, -0.15) is 0 Å². The number of aromatic hydroxyl groups is 1. The highest BCUT2D eigenvalue weighted by Gasteiger charge is 2.31. The van der Waals surface area contributed by atoms with Crippen LogP contribution in [0.3, 0.4) is 0 Å². The number of thioether (sulfide) groups is 1. The topological polar surface area (TPSA) is 41.9 Å². The van der Waals surface area contributed by atoms with Gasteiger partial charge in [0.15, 0.2) is 0 Å². The van der Waals surface area contributed by atoms with Crippen LogP contribution in [-0.2, 0) is 0 Å². The van der Waals surface area contributed by atoms with Crippen molar-refractivity contribution in [3.63, 3.8) is 0 Å². The molecule has 0 amide bonds. The maximum Gasteiger partial charge on any atom is 0.573 e. The molecule has 3 aromatic rings. The molecule has 0 unspecified atom stereocenters. The minimum atomic E-state index is -4.75. The molecule has 4 nitrogen and oxygen atoms in total. The van der Waals surface area contributed by atoms with Crippen molar-refractivity contribution in [2.45, 2.75) is 36.6 Å². The molecule has 1 saturated heterocycles. The maximum atomic E-state index is 12.7. The number of ether oxygens (including phenoxy) is 2. The monoisotopic (exact) mass is 559 g/mol. The van der Waals surface area contributed by atoms with E-state index in [0.717, 1.165) is 70.3 Å². The van der Waals surface area contributed by atoms with E-state index < -0.39 is 6.36 Å². The van der Waals surface area contributed by atoms with Gasteiger partial charge in [-0.15, -0.1) is 24.9 Å². The van der Waals surface area contributed by atoms with Crippen LogP contribution in [0.4, 0.5) is 17.6 Å². The highest BCUT2D eigenvalue weighted by molar-refractivity contribution is 7.99. The molecule has 1 atom stereocenters. The van der Waals surface area contributed by atoms with Gasteiger partial charge in [-0.3, -0.25) is 9.29 Å². The molecule has 0 aliphatic carbocycles. The number of phenolic OH excluding ortho intramolecular Hbond substituents is 1. The Morgan fingerprint density at radius 2 is 1.67 bits per heavy atom. The van der Waals surface area contributed by atoms with E-state index in [-0.39, 0.29) is 24.3 Å². The standard InChI is InChI=1S/C30H29F4NO3S/c31-14-1-15-35-16-12-25(19-35)37-23-7-4-21(5-8-23)29-26(13-17-39-28-18-22(36)6-11-27(28)29)20-2-9-24(10-3-20)38-30(32,33)34/h2-11,18,25,36H,1,12-17,19H2/t25-/m0/s1. The van der Waals surface area contributed by atoms with Crippen LogP contribution in [0.2, 0.25) is 0 Å². The van der Waals surface area contributed by atoms with Crippen LogP contribution in [0, 0.1) is 0 Å². The molecule has 39 heavy (non-hydrogen) atoms. The van der Waals surface area contributed by atoms with Gasteiger partial charge in [0.25, 0.3) is 0 Å². The average molecular weight is 560 g/mol. The maximum absolute atomic E-state index is 12.7. The zero-order valence-corrected chi connectivity index (χ0v) is 22.0. The van der Waals surface area contributed by atoms with Crippen LogP contribution in [0.25, 0.3) is 11.1 Å². The Balaban J connectivity index is 1.45. The summed E-state index contributed by atoms with van der Waals surface area (Å²) in [6, 6.07) is 19.1. The highest BCUT2D eigenvalue weighted by atomic mass is 32.2. The predicted octanol–water partition coefficient (Wildman–Crippen LogP) is 7.56. The first-order valence-corrected chi connectivity index (χ1v) is 13.9. The molecule has 0 bridgehead atoms. The van der Waals surface area contributed by atoms with Crippen molar-refractivity contribution in [2.75, 3.05) is 32.1 Å². The van der Waals surface area contributed by atoms with Gasteiger partial charge in [0.1, 0.15) is 23.4 Å². The van der Waals surface area contributed by atoms with Gasteiger partial charge < -0.3 is 14.6 Å². The van der Waals surface area contributed by atoms with Gasteiger partial charge in [-0.05, 0) is 89.6 Å². The normalized spacial score (nSPS) is 18.1. The zero-order chi connectivity index (χ0) is 27.4. The minimum absolute atomic E-state index is 0.0562. The molecule has 2 heterocycles. The summed E-state index contributed by atoms with van der Waals surface area (Å²) in [5, 5.41) is 10.1. The molecule has 0 radical (unpaired) electrons. The number of benzene rings is 3. The van der Waals surface area contributed by atoms with Gasteiger partial charge in [0.2, 0.25) is 0 Å². The molecule has 1 N–H and O–H groups in total. The Hall–Kier alpha value is -3.17. The fourth-order valence-electron chi connectivity index (χ4n) is 5.14. The molecule has 0 saturated carbocycles. The van der Waals surface area contributed by atoms with Crippen molar-refractivity contribution < 1.29 is 32.1 Å². The third-order valence-electron chi connectivity index (χ3n) is 6.87. The number of allylic oxidation sites excluding steroid dienone is 1. The van der Waals surface area contributed by atoms with Gasteiger partial charge >= 0.3 is 6.36 Å². The van der Waals surface area contributed by atoms with Gasteiger partial charge in [-0.1, -0.05) is 24.3 Å². The fraction of sp³-hybridized carbons (Fsp3) is 0.333. The highest BCUT2D eigenvalue weighted by Crippen LogP contribution is 2.44. The quantitative estimate of drug-likeness (QED) is 0.289. The van der Waals surface area contributed by atoms with Crippen LogP contribution < -0.4 is 9.47 Å². The first-order chi connectivity index (χ1) is 18.8. The van der Waals surface area contributed by atoms with Crippen LogP contribution in [0.15, 0.2) is 71.6 Å². The Morgan fingerprint density at radius 3 is 2.38 bits per heavy atom. The molecule has 9 heteroatoms. The Kier molecular flexibility index (Phi) is 8.37. The number of nitrogens with zero attached hydrogens (tertiary/aromatic N) is 1. The third-order valence-corrected chi connectivity index (χ3v) is 7.92. The lowest BCUT2D eigenvalue weighted by Crippen LogP contribution is -2.26. The molecule has 3 aromatic carbocycles. The summed E-state index contributed by atoms with van der Waals surface area (Å²) in [4.78, 5) is 3.16. The van der Waals surface area contributed by atoms with E-state index in [4.69, 9.17) is 4.74 Å². The number of fused-ring (bicyclic) bond motifs is 1. The fourth-order valence-corrected chi connectivity index (χ4v) is 6.19. The van der Waals surface area contributed by atoms with E-state index >= 15 is 0 Å². The number of halogens is 4. The summed E-state index contributed by atoms with van der Waals surface area (Å²) in [7, 11) is 0. The minimum Gasteiger partial charge on any atom is -0.508 e. The van der Waals surface area contributed by atoms with Crippen LogP contribution >= 0.6 is 11.8 Å². The Bertz CT molecular complexity index is 1310. The number of hydrogen-bond acceptors (Lipinski definition) is 5. The molecule has 1 fully saturated rings. The zero-order valence-electron chi connectivity index (χ0n) is 21.2. The molecule has 0 aromatic heterocycles. The second-order valence-corrected chi connectivity index (χ2v) is 10.7. The second-order valence-electron chi connectivity index (χ2n) is 9.60. The van der Waals surface area contributed by atoms with Crippen LogP contribution in [0.5, 0.6) is 17.2 Å². The van der Waals surface area contributed by atoms with E-state index in [1.807, 2.05) is 30.3 Å². The number of rotatable bonds is 8. The van der Waals surface area contributed by atoms with Crippen LogP contribution in [0.1, 0.15) is 36.0 Å². The van der Waals surface area contributed by atoms with Gasteiger partial charge in [0, 0.05) is 30.3 Å². The molecule has 2 aliphatic heterocycles. The summed E-state index contributed by atoms with van der Waals surface area (Å²) in [5.41, 5.74) is 4.66. The Labute approximate surface area is 229 Å².